The van der Waals surface area contributed by atoms with E-state index in [2.05, 4.69) is 21.6 Å². The Hall–Kier alpha value is -3.13. The Labute approximate surface area is 196 Å². The molecule has 1 aliphatic rings. The van der Waals surface area contributed by atoms with Crippen LogP contribution >= 0.6 is 11.8 Å². The van der Waals surface area contributed by atoms with Crippen molar-refractivity contribution in [1.29, 1.82) is 0 Å². The van der Waals surface area contributed by atoms with Gasteiger partial charge in [0.15, 0.2) is 5.16 Å². The summed E-state index contributed by atoms with van der Waals surface area (Å²) in [7, 11) is 0. The Morgan fingerprint density at radius 3 is 2.64 bits per heavy atom. The summed E-state index contributed by atoms with van der Waals surface area (Å²) in [5.41, 5.74) is 3.48. The number of nitrogens with one attached hydrogen (secondary N) is 1. The number of fused-ring (bicyclic) bond motifs is 3. The summed E-state index contributed by atoms with van der Waals surface area (Å²) in [6, 6.07) is 13.7. The quantitative estimate of drug-likeness (QED) is 0.451. The lowest BCUT2D eigenvalue weighted by molar-refractivity contribution is -0.120. The van der Waals surface area contributed by atoms with Crippen LogP contribution in [0.2, 0.25) is 0 Å². The second-order valence-electron chi connectivity index (χ2n) is 8.82. The predicted octanol–water partition coefficient (Wildman–Crippen LogP) is 4.19. The number of carbonyl (C=O) groups is 1. The topological polar surface area (TPSA) is 81.3 Å². The van der Waals surface area contributed by atoms with Crippen LogP contribution in [0.25, 0.3) is 22.4 Å². The molecule has 2 heterocycles. The Bertz CT molecular complexity index is 1420. The fraction of sp³-hybridized carbons (Fsp3) is 0.360. The van der Waals surface area contributed by atoms with Crippen molar-refractivity contribution in [2.24, 2.45) is 0 Å². The molecule has 0 aliphatic heterocycles. The summed E-state index contributed by atoms with van der Waals surface area (Å²) in [5, 5.41) is 12.8. The maximum absolute atomic E-state index is 13.5. The first kappa shape index (κ1) is 21.7. The normalized spacial score (nSPS) is 15.4. The number of benzene rings is 2. The number of carbonyl (C=O) groups excluding carboxylic acids is 1. The maximum atomic E-state index is 13.5. The average molecular weight is 462 g/mol. The fourth-order valence-electron chi connectivity index (χ4n) is 4.63. The third-order valence-electron chi connectivity index (χ3n) is 6.34. The van der Waals surface area contributed by atoms with Crippen LogP contribution in [0.1, 0.15) is 43.7 Å². The van der Waals surface area contributed by atoms with Gasteiger partial charge in [-0.05, 0) is 57.4 Å². The minimum atomic E-state index is -0.335. The molecule has 1 aliphatic carbocycles. The SMILES string of the molecule is Cc1ccc(-n2c(=O)c3ccccc3n3c(SC(C)C(=O)NC4CCCC4)nnc23)c(C)c1. The zero-order valence-corrected chi connectivity index (χ0v) is 19.9. The largest absolute Gasteiger partial charge is 0.352 e. The van der Waals surface area contributed by atoms with E-state index in [1.165, 1.54) is 24.6 Å². The molecule has 170 valence electrons. The van der Waals surface area contributed by atoms with Crippen molar-refractivity contribution in [3.8, 4) is 5.69 Å². The van der Waals surface area contributed by atoms with Gasteiger partial charge in [0, 0.05) is 6.04 Å². The van der Waals surface area contributed by atoms with Crippen LogP contribution in [0.15, 0.2) is 52.4 Å². The van der Waals surface area contributed by atoms with Gasteiger partial charge in [-0.2, -0.15) is 0 Å². The van der Waals surface area contributed by atoms with Gasteiger partial charge >= 0.3 is 0 Å². The van der Waals surface area contributed by atoms with E-state index in [4.69, 9.17) is 0 Å². The molecule has 2 aromatic carbocycles. The second-order valence-corrected chi connectivity index (χ2v) is 10.1. The number of thioether (sulfide) groups is 1. The van der Waals surface area contributed by atoms with Crippen LogP contribution in [0.5, 0.6) is 0 Å². The molecule has 0 bridgehead atoms. The van der Waals surface area contributed by atoms with E-state index in [-0.39, 0.29) is 22.8 Å². The fourth-order valence-corrected chi connectivity index (χ4v) is 5.49. The Balaban J connectivity index is 1.62. The molecule has 4 aromatic rings. The van der Waals surface area contributed by atoms with Crippen molar-refractivity contribution in [3.05, 3.63) is 63.9 Å². The summed E-state index contributed by atoms with van der Waals surface area (Å²) in [4.78, 5) is 26.3. The molecule has 8 heteroatoms. The molecule has 0 saturated heterocycles. The minimum absolute atomic E-state index is 0.00987. The van der Waals surface area contributed by atoms with E-state index >= 15 is 0 Å². The molecule has 1 fully saturated rings. The van der Waals surface area contributed by atoms with Gasteiger partial charge in [-0.1, -0.05) is 54.4 Å². The molecule has 0 spiro atoms. The number of aryl methyl sites for hydroxylation is 2. The average Bonchev–Trinajstić information content (AvgIpc) is 3.45. The predicted molar refractivity (Wildman–Crippen MR) is 131 cm³/mol. The zero-order valence-electron chi connectivity index (χ0n) is 19.0. The van der Waals surface area contributed by atoms with Crippen molar-refractivity contribution >= 4 is 34.3 Å². The number of rotatable bonds is 5. The van der Waals surface area contributed by atoms with Crippen LogP contribution < -0.4 is 10.9 Å². The summed E-state index contributed by atoms with van der Waals surface area (Å²) >= 11 is 1.36. The van der Waals surface area contributed by atoms with Crippen LogP contribution in [-0.2, 0) is 4.79 Å². The second kappa shape index (κ2) is 8.67. The summed E-state index contributed by atoms with van der Waals surface area (Å²) in [6.45, 7) is 5.90. The summed E-state index contributed by atoms with van der Waals surface area (Å²) in [5.74, 6) is 0.451. The van der Waals surface area contributed by atoms with Gasteiger partial charge in [-0.15, -0.1) is 10.2 Å². The lowest BCUT2D eigenvalue weighted by Crippen LogP contribution is -2.37. The molecule has 5 rings (SSSR count). The van der Waals surface area contributed by atoms with Crippen LogP contribution in [-0.4, -0.2) is 36.4 Å². The molecule has 1 saturated carbocycles. The Kier molecular flexibility index (Phi) is 5.70. The van der Waals surface area contributed by atoms with Crippen molar-refractivity contribution in [1.82, 2.24) is 24.5 Å². The van der Waals surface area contributed by atoms with E-state index in [1.54, 1.807) is 4.57 Å². The van der Waals surface area contributed by atoms with Gasteiger partial charge in [-0.25, -0.2) is 4.57 Å². The number of para-hydroxylation sites is 1. The molecule has 1 amide bonds. The van der Waals surface area contributed by atoms with E-state index < -0.39 is 0 Å². The van der Waals surface area contributed by atoms with Crippen molar-refractivity contribution in [2.45, 2.75) is 62.9 Å². The third kappa shape index (κ3) is 3.93. The first-order valence-electron chi connectivity index (χ1n) is 11.4. The van der Waals surface area contributed by atoms with Gasteiger partial charge in [0.25, 0.3) is 5.56 Å². The van der Waals surface area contributed by atoms with E-state index in [1.807, 2.05) is 61.6 Å². The molecular weight excluding hydrogens is 434 g/mol. The monoisotopic (exact) mass is 461 g/mol. The molecule has 2 aromatic heterocycles. The molecule has 1 N–H and O–H groups in total. The van der Waals surface area contributed by atoms with Crippen molar-refractivity contribution in [3.63, 3.8) is 0 Å². The molecular formula is C25H27N5O2S. The lowest BCUT2D eigenvalue weighted by atomic mass is 10.1. The van der Waals surface area contributed by atoms with Crippen LogP contribution in [0, 0.1) is 13.8 Å². The summed E-state index contributed by atoms with van der Waals surface area (Å²) < 4.78 is 3.51. The third-order valence-corrected chi connectivity index (χ3v) is 7.38. The van der Waals surface area contributed by atoms with E-state index in [0.717, 1.165) is 35.2 Å². The highest BCUT2D eigenvalue weighted by atomic mass is 32.2. The number of amides is 1. The number of nitrogens with zero attached hydrogens (tertiary/aromatic N) is 4. The standard InChI is InChI=1S/C25H27N5O2S/c1-15-12-13-20(16(2)14-15)29-23(32)19-10-6-7-11-21(19)30-24(29)27-28-25(30)33-17(3)22(31)26-18-8-4-5-9-18/h6-7,10-14,17-18H,4-5,8-9H2,1-3H3,(H,26,31). The van der Waals surface area contributed by atoms with Crippen molar-refractivity contribution < 1.29 is 4.79 Å². The van der Waals surface area contributed by atoms with Gasteiger partial charge < -0.3 is 5.32 Å². The van der Waals surface area contributed by atoms with Crippen LogP contribution in [0.4, 0.5) is 0 Å². The zero-order chi connectivity index (χ0) is 23.1. The maximum Gasteiger partial charge on any atom is 0.267 e. The highest BCUT2D eigenvalue weighted by Gasteiger charge is 2.25. The van der Waals surface area contributed by atoms with Gasteiger partial charge in [-0.3, -0.25) is 14.0 Å². The van der Waals surface area contributed by atoms with Gasteiger partial charge in [0.05, 0.1) is 21.8 Å². The first-order valence-corrected chi connectivity index (χ1v) is 12.3. The minimum Gasteiger partial charge on any atom is -0.352 e. The van der Waals surface area contributed by atoms with E-state index in [0.29, 0.717) is 16.3 Å². The molecule has 7 nitrogen and oxygen atoms in total. The van der Waals surface area contributed by atoms with Crippen LogP contribution in [0.3, 0.4) is 0 Å². The number of aromatic nitrogens is 4. The Morgan fingerprint density at radius 1 is 1.12 bits per heavy atom. The Morgan fingerprint density at radius 2 is 1.88 bits per heavy atom. The first-order chi connectivity index (χ1) is 15.9. The highest BCUT2D eigenvalue weighted by molar-refractivity contribution is 8.00. The van der Waals surface area contributed by atoms with Gasteiger partial charge in [0.1, 0.15) is 0 Å². The highest BCUT2D eigenvalue weighted by Crippen LogP contribution is 2.27. The molecule has 1 unspecified atom stereocenters. The van der Waals surface area contributed by atoms with Crippen molar-refractivity contribution in [2.75, 3.05) is 0 Å². The summed E-state index contributed by atoms with van der Waals surface area (Å²) in [6.07, 6.45) is 4.43. The van der Waals surface area contributed by atoms with E-state index in [9.17, 15) is 9.59 Å². The smallest absolute Gasteiger partial charge is 0.267 e. The molecule has 0 radical (unpaired) electrons. The molecule has 33 heavy (non-hydrogen) atoms. The van der Waals surface area contributed by atoms with Gasteiger partial charge in [0.2, 0.25) is 11.7 Å². The molecule has 1 atom stereocenters. The lowest BCUT2D eigenvalue weighted by Gasteiger charge is -2.16. The number of hydrogen-bond acceptors (Lipinski definition) is 5. The number of hydrogen-bond donors (Lipinski definition) is 1.